The Morgan fingerprint density at radius 3 is 2.89 bits per heavy atom. The van der Waals surface area contributed by atoms with Crippen molar-refractivity contribution >= 4 is 5.91 Å². The van der Waals surface area contributed by atoms with E-state index in [0.717, 1.165) is 38.0 Å². The second kappa shape index (κ2) is 6.02. The molecule has 0 bridgehead atoms. The highest BCUT2D eigenvalue weighted by Gasteiger charge is 2.27. The molecule has 1 fully saturated rings. The highest BCUT2D eigenvalue weighted by Crippen LogP contribution is 2.15. The summed E-state index contributed by atoms with van der Waals surface area (Å²) in [5, 5.41) is 3.29. The van der Waals surface area contributed by atoms with E-state index in [9.17, 15) is 9.59 Å². The van der Waals surface area contributed by atoms with Crippen LogP contribution in [0.25, 0.3) is 0 Å². The van der Waals surface area contributed by atoms with Gasteiger partial charge in [0.05, 0.1) is 5.56 Å². The Kier molecular flexibility index (Phi) is 4.37. The monoisotopic (exact) mass is 263 g/mol. The van der Waals surface area contributed by atoms with E-state index in [1.807, 2.05) is 4.90 Å². The molecule has 1 aromatic rings. The summed E-state index contributed by atoms with van der Waals surface area (Å²) in [5.41, 5.74) is 1.17. The van der Waals surface area contributed by atoms with Crippen LogP contribution in [-0.4, -0.2) is 41.5 Å². The predicted octanol–water partition coefficient (Wildman–Crippen LogP) is 0.897. The van der Waals surface area contributed by atoms with Crippen LogP contribution in [0.5, 0.6) is 0 Å². The molecule has 1 aromatic heterocycles. The van der Waals surface area contributed by atoms with Gasteiger partial charge < -0.3 is 15.2 Å². The minimum Gasteiger partial charge on any atom is -0.334 e. The van der Waals surface area contributed by atoms with Crippen LogP contribution in [0.4, 0.5) is 0 Å². The van der Waals surface area contributed by atoms with Gasteiger partial charge in [-0.25, -0.2) is 0 Å². The average molecular weight is 263 g/mol. The zero-order valence-electron chi connectivity index (χ0n) is 11.5. The molecule has 1 aliphatic rings. The van der Waals surface area contributed by atoms with E-state index >= 15 is 0 Å². The fourth-order valence-electron chi connectivity index (χ4n) is 2.55. The molecule has 1 aliphatic heterocycles. The lowest BCUT2D eigenvalue weighted by atomic mass is 10.1. The smallest absolute Gasteiger partial charge is 0.255 e. The van der Waals surface area contributed by atoms with E-state index in [2.05, 4.69) is 17.2 Å². The third kappa shape index (κ3) is 3.04. The number of hydrogen-bond donors (Lipinski definition) is 2. The molecule has 19 heavy (non-hydrogen) atoms. The molecule has 2 heterocycles. The summed E-state index contributed by atoms with van der Waals surface area (Å²) in [7, 11) is 0. The molecule has 2 N–H and O–H groups in total. The Morgan fingerprint density at radius 2 is 2.32 bits per heavy atom. The highest BCUT2D eigenvalue weighted by molar-refractivity contribution is 5.95. The summed E-state index contributed by atoms with van der Waals surface area (Å²) < 4.78 is 0. The first-order chi connectivity index (χ1) is 9.13. The standard InChI is InChI=1S/C14H21N3O2/c1-3-6-17(11-4-5-15-8-11)14(19)12-9-16-13(18)7-10(12)2/h7,9,11,15H,3-6,8H2,1-2H3,(H,16,18)/t11-/m0/s1. The number of carbonyl (C=O) groups is 1. The first-order valence-corrected chi connectivity index (χ1v) is 6.84. The number of pyridine rings is 1. The van der Waals surface area contributed by atoms with E-state index in [-0.39, 0.29) is 17.5 Å². The summed E-state index contributed by atoms with van der Waals surface area (Å²) in [6, 6.07) is 1.74. The van der Waals surface area contributed by atoms with Crippen molar-refractivity contribution in [3.63, 3.8) is 0 Å². The van der Waals surface area contributed by atoms with Crippen molar-refractivity contribution in [2.24, 2.45) is 0 Å². The van der Waals surface area contributed by atoms with Crippen LogP contribution in [0.3, 0.4) is 0 Å². The Labute approximate surface area is 113 Å². The third-order valence-electron chi connectivity index (χ3n) is 3.56. The Morgan fingerprint density at radius 1 is 1.53 bits per heavy atom. The number of amides is 1. The van der Waals surface area contributed by atoms with Crippen LogP contribution < -0.4 is 10.9 Å². The molecule has 104 valence electrons. The predicted molar refractivity (Wildman–Crippen MR) is 74.4 cm³/mol. The van der Waals surface area contributed by atoms with Crippen molar-refractivity contribution in [3.05, 3.63) is 33.7 Å². The maximum atomic E-state index is 12.6. The van der Waals surface area contributed by atoms with Crippen LogP contribution in [-0.2, 0) is 0 Å². The van der Waals surface area contributed by atoms with E-state index in [1.54, 1.807) is 6.92 Å². The Hall–Kier alpha value is -1.62. The summed E-state index contributed by atoms with van der Waals surface area (Å²) >= 11 is 0. The van der Waals surface area contributed by atoms with E-state index in [4.69, 9.17) is 0 Å². The quantitative estimate of drug-likeness (QED) is 0.848. The number of H-pyrrole nitrogens is 1. The second-order valence-electron chi connectivity index (χ2n) is 5.04. The van der Waals surface area contributed by atoms with Gasteiger partial charge in [-0.15, -0.1) is 0 Å². The maximum absolute atomic E-state index is 12.6. The molecule has 1 saturated heterocycles. The van der Waals surface area contributed by atoms with E-state index in [1.165, 1.54) is 12.3 Å². The Bertz CT molecular complexity index is 504. The SMILES string of the molecule is CCCN(C(=O)c1c[nH]c(=O)cc1C)[C@H]1CCNC1. The van der Waals surface area contributed by atoms with Crippen LogP contribution >= 0.6 is 0 Å². The van der Waals surface area contributed by atoms with Crippen molar-refractivity contribution in [2.45, 2.75) is 32.7 Å². The lowest BCUT2D eigenvalue weighted by molar-refractivity contribution is 0.0691. The number of hydrogen-bond acceptors (Lipinski definition) is 3. The third-order valence-corrected chi connectivity index (χ3v) is 3.56. The van der Waals surface area contributed by atoms with Crippen molar-refractivity contribution in [2.75, 3.05) is 19.6 Å². The molecule has 0 saturated carbocycles. The molecule has 0 aromatic carbocycles. The zero-order valence-corrected chi connectivity index (χ0v) is 11.5. The maximum Gasteiger partial charge on any atom is 0.255 e. The number of nitrogens with one attached hydrogen (secondary N) is 2. The largest absolute Gasteiger partial charge is 0.334 e. The fourth-order valence-corrected chi connectivity index (χ4v) is 2.55. The number of carbonyl (C=O) groups excluding carboxylic acids is 1. The van der Waals surface area contributed by atoms with Gasteiger partial charge in [0.25, 0.3) is 5.91 Å². The average Bonchev–Trinajstić information content (AvgIpc) is 2.89. The van der Waals surface area contributed by atoms with Crippen molar-refractivity contribution in [1.29, 1.82) is 0 Å². The van der Waals surface area contributed by atoms with Crippen molar-refractivity contribution in [3.8, 4) is 0 Å². The minimum absolute atomic E-state index is 0.0179. The molecule has 0 radical (unpaired) electrons. The lowest BCUT2D eigenvalue weighted by Crippen LogP contribution is -2.42. The summed E-state index contributed by atoms with van der Waals surface area (Å²) in [5.74, 6) is 0.0179. The van der Waals surface area contributed by atoms with Gasteiger partial charge in [-0.1, -0.05) is 6.92 Å². The van der Waals surface area contributed by atoms with Crippen molar-refractivity contribution in [1.82, 2.24) is 15.2 Å². The number of nitrogens with zero attached hydrogens (tertiary/aromatic N) is 1. The molecule has 0 spiro atoms. The molecule has 5 nitrogen and oxygen atoms in total. The topological polar surface area (TPSA) is 65.2 Å². The lowest BCUT2D eigenvalue weighted by Gasteiger charge is -2.28. The second-order valence-corrected chi connectivity index (χ2v) is 5.04. The van der Waals surface area contributed by atoms with Crippen LogP contribution in [0.15, 0.2) is 17.1 Å². The molecule has 0 aliphatic carbocycles. The molecular formula is C14H21N3O2. The normalized spacial score (nSPS) is 18.5. The molecule has 0 unspecified atom stereocenters. The molecule has 1 amide bonds. The van der Waals surface area contributed by atoms with Gasteiger partial charge in [0.2, 0.25) is 5.56 Å². The van der Waals surface area contributed by atoms with Crippen LogP contribution in [0.1, 0.15) is 35.7 Å². The van der Waals surface area contributed by atoms with Gasteiger partial charge in [0.1, 0.15) is 0 Å². The zero-order chi connectivity index (χ0) is 13.8. The number of aromatic amines is 1. The summed E-state index contributed by atoms with van der Waals surface area (Å²) in [6.45, 7) is 6.45. The molecular weight excluding hydrogens is 242 g/mol. The fraction of sp³-hybridized carbons (Fsp3) is 0.571. The first kappa shape index (κ1) is 13.8. The number of aryl methyl sites for hydroxylation is 1. The Balaban J connectivity index is 2.25. The van der Waals surface area contributed by atoms with Crippen LogP contribution in [0, 0.1) is 6.92 Å². The first-order valence-electron chi connectivity index (χ1n) is 6.84. The van der Waals surface area contributed by atoms with Gasteiger partial charge in [0.15, 0.2) is 0 Å². The van der Waals surface area contributed by atoms with Gasteiger partial charge in [-0.05, 0) is 31.9 Å². The van der Waals surface area contributed by atoms with Gasteiger partial charge >= 0.3 is 0 Å². The highest BCUT2D eigenvalue weighted by atomic mass is 16.2. The summed E-state index contributed by atoms with van der Waals surface area (Å²) in [6.07, 6.45) is 3.46. The van der Waals surface area contributed by atoms with Gasteiger partial charge in [-0.2, -0.15) is 0 Å². The van der Waals surface area contributed by atoms with Crippen LogP contribution in [0.2, 0.25) is 0 Å². The molecule has 1 atom stereocenters. The summed E-state index contributed by atoms with van der Waals surface area (Å²) in [4.78, 5) is 28.4. The van der Waals surface area contributed by atoms with Gasteiger partial charge in [-0.3, -0.25) is 9.59 Å². The van der Waals surface area contributed by atoms with Crippen molar-refractivity contribution < 1.29 is 4.79 Å². The number of aromatic nitrogens is 1. The molecule has 5 heteroatoms. The minimum atomic E-state index is -0.168. The van der Waals surface area contributed by atoms with Gasteiger partial charge in [0, 0.05) is 31.4 Å². The van der Waals surface area contributed by atoms with E-state index in [0.29, 0.717) is 5.56 Å². The van der Waals surface area contributed by atoms with E-state index < -0.39 is 0 Å². The number of rotatable bonds is 4. The molecule has 2 rings (SSSR count).